The third-order valence-electron chi connectivity index (χ3n) is 11.3. The number of unbranched alkanes of at least 4 members (excludes halogenated alkanes) is 24. The van der Waals surface area contributed by atoms with Gasteiger partial charge in [-0.25, -0.2) is 0 Å². The van der Waals surface area contributed by atoms with Crippen molar-refractivity contribution in [2.24, 2.45) is 0 Å². The smallest absolute Gasteiger partial charge is 0.249 e. The molecule has 332 valence electrons. The summed E-state index contributed by atoms with van der Waals surface area (Å²) < 4.78 is 11.0. The van der Waals surface area contributed by atoms with E-state index in [0.29, 0.717) is 19.3 Å². The molecule has 1 heterocycles. The predicted octanol–water partition coefficient (Wildman–Crippen LogP) is 7.28. The van der Waals surface area contributed by atoms with Crippen molar-refractivity contribution >= 4 is 5.91 Å². The van der Waals surface area contributed by atoms with Gasteiger partial charge in [0.25, 0.3) is 0 Å². The zero-order chi connectivity index (χ0) is 41.2. The molecule has 0 aromatic rings. The maximum atomic E-state index is 13.0. The van der Waals surface area contributed by atoms with Gasteiger partial charge in [-0.1, -0.05) is 174 Å². The van der Waals surface area contributed by atoms with E-state index in [9.17, 15) is 40.5 Å². The molecular weight excluding hydrogens is 714 g/mol. The Labute approximate surface area is 341 Å². The van der Waals surface area contributed by atoms with Crippen molar-refractivity contribution < 1.29 is 50.0 Å². The minimum Gasteiger partial charge on any atom is -0.394 e. The summed E-state index contributed by atoms with van der Waals surface area (Å²) in [7, 11) is 0. The van der Waals surface area contributed by atoms with Crippen molar-refractivity contribution in [2.75, 3.05) is 13.2 Å². The van der Waals surface area contributed by atoms with Crippen LogP contribution in [0.15, 0.2) is 12.2 Å². The Hall–Kier alpha value is -1.15. The van der Waals surface area contributed by atoms with Gasteiger partial charge in [-0.3, -0.25) is 4.79 Å². The molecule has 0 aliphatic carbocycles. The largest absolute Gasteiger partial charge is 0.394 e. The number of nitrogens with one attached hydrogen (secondary N) is 1. The minimum absolute atomic E-state index is 0.258. The second kappa shape index (κ2) is 35.8. The average molecular weight is 802 g/mol. The first kappa shape index (κ1) is 52.9. The van der Waals surface area contributed by atoms with Gasteiger partial charge in [0.15, 0.2) is 6.29 Å². The standard InChI is InChI=1S/C45H87NO10/c1-3-5-7-9-10-11-12-13-14-15-16-17-18-19-20-21-22-23-24-25-26-27-29-31-33-38(49)44(54)46-36(40(50)37(48)32-30-28-8-6-4-2)35-55-45-43(53)42(52)41(51)39(34-47)56-45/h19-20,36-43,45,47-53H,3-18,21-35H2,1-2H3,(H,46,54)/b20-19-. The second-order valence-corrected chi connectivity index (χ2v) is 16.5. The zero-order valence-corrected chi connectivity index (χ0v) is 35.6. The molecule has 11 nitrogen and oxygen atoms in total. The van der Waals surface area contributed by atoms with Crippen molar-refractivity contribution in [3.8, 4) is 0 Å². The van der Waals surface area contributed by atoms with Gasteiger partial charge in [-0.15, -0.1) is 0 Å². The highest BCUT2D eigenvalue weighted by Crippen LogP contribution is 2.23. The monoisotopic (exact) mass is 802 g/mol. The lowest BCUT2D eigenvalue weighted by Crippen LogP contribution is -2.60. The molecule has 9 unspecified atom stereocenters. The van der Waals surface area contributed by atoms with E-state index in [2.05, 4.69) is 31.3 Å². The van der Waals surface area contributed by atoms with E-state index in [1.807, 2.05) is 0 Å². The van der Waals surface area contributed by atoms with Gasteiger partial charge in [0.2, 0.25) is 5.91 Å². The highest BCUT2D eigenvalue weighted by molar-refractivity contribution is 5.80. The molecule has 8 N–H and O–H groups in total. The first-order valence-corrected chi connectivity index (χ1v) is 23.1. The molecule has 1 saturated heterocycles. The van der Waals surface area contributed by atoms with E-state index in [0.717, 1.165) is 51.4 Å². The van der Waals surface area contributed by atoms with Crippen LogP contribution in [0.2, 0.25) is 0 Å². The fraction of sp³-hybridized carbons (Fsp3) is 0.933. The Balaban J connectivity index is 2.25. The molecule has 0 aromatic heterocycles. The summed E-state index contributed by atoms with van der Waals surface area (Å²) in [4.78, 5) is 13.0. The first-order chi connectivity index (χ1) is 27.2. The van der Waals surface area contributed by atoms with Gasteiger partial charge in [0.05, 0.1) is 25.4 Å². The number of aliphatic hydroxyl groups is 7. The summed E-state index contributed by atoms with van der Waals surface area (Å²) in [5.41, 5.74) is 0. The lowest BCUT2D eigenvalue weighted by atomic mass is 9.98. The van der Waals surface area contributed by atoms with Crippen LogP contribution < -0.4 is 5.32 Å². The number of allylic oxidation sites excluding steroid dienone is 2. The molecule has 11 heteroatoms. The molecule has 1 rings (SSSR count). The van der Waals surface area contributed by atoms with Gasteiger partial charge in [-0.05, 0) is 38.5 Å². The summed E-state index contributed by atoms with van der Waals surface area (Å²) in [5.74, 6) is -0.704. The number of rotatable bonds is 38. The number of aliphatic hydroxyl groups excluding tert-OH is 7. The SMILES string of the molecule is CCCCCCCCCCCCCC/C=C\CCCCCCCCCCC(O)C(=O)NC(COC1OC(CO)C(O)C(O)C1O)C(O)C(O)CCCCCCC. The Morgan fingerprint density at radius 3 is 1.50 bits per heavy atom. The highest BCUT2D eigenvalue weighted by atomic mass is 16.7. The maximum absolute atomic E-state index is 13.0. The number of hydrogen-bond donors (Lipinski definition) is 8. The Morgan fingerprint density at radius 2 is 1.04 bits per heavy atom. The summed E-state index contributed by atoms with van der Waals surface area (Å²) in [6, 6.07) is -1.16. The van der Waals surface area contributed by atoms with Crippen LogP contribution in [0.25, 0.3) is 0 Å². The maximum Gasteiger partial charge on any atom is 0.249 e. The molecule has 0 saturated carbocycles. The molecule has 1 aliphatic heterocycles. The minimum atomic E-state index is -1.66. The Bertz CT molecular complexity index is 923. The lowest BCUT2D eigenvalue weighted by Gasteiger charge is -2.40. The Kier molecular flexibility index (Phi) is 33.8. The summed E-state index contributed by atoms with van der Waals surface area (Å²) in [6.45, 7) is 3.33. The fourth-order valence-corrected chi connectivity index (χ4v) is 7.43. The van der Waals surface area contributed by atoms with Crippen LogP contribution in [-0.2, 0) is 14.3 Å². The van der Waals surface area contributed by atoms with Gasteiger partial charge in [0, 0.05) is 0 Å². The third-order valence-corrected chi connectivity index (χ3v) is 11.3. The van der Waals surface area contributed by atoms with E-state index >= 15 is 0 Å². The van der Waals surface area contributed by atoms with Crippen molar-refractivity contribution in [3.05, 3.63) is 12.2 Å². The second-order valence-electron chi connectivity index (χ2n) is 16.5. The summed E-state index contributed by atoms with van der Waals surface area (Å²) >= 11 is 0. The first-order valence-electron chi connectivity index (χ1n) is 23.1. The van der Waals surface area contributed by atoms with E-state index in [4.69, 9.17) is 9.47 Å². The quantitative estimate of drug-likeness (QED) is 0.0233. The Morgan fingerprint density at radius 1 is 0.607 bits per heavy atom. The van der Waals surface area contributed by atoms with Gasteiger partial charge >= 0.3 is 0 Å². The topological polar surface area (TPSA) is 189 Å². The highest BCUT2D eigenvalue weighted by Gasteiger charge is 2.44. The normalized spacial score (nSPS) is 22.3. The molecule has 1 amide bonds. The van der Waals surface area contributed by atoms with Crippen molar-refractivity contribution in [2.45, 2.75) is 255 Å². The van der Waals surface area contributed by atoms with Gasteiger partial charge in [-0.2, -0.15) is 0 Å². The number of carbonyl (C=O) groups excluding carboxylic acids is 1. The van der Waals surface area contributed by atoms with E-state index in [1.54, 1.807) is 0 Å². The van der Waals surface area contributed by atoms with Crippen molar-refractivity contribution in [1.82, 2.24) is 5.32 Å². The van der Waals surface area contributed by atoms with Crippen LogP contribution in [0.3, 0.4) is 0 Å². The van der Waals surface area contributed by atoms with Crippen LogP contribution in [0, 0.1) is 0 Å². The number of ether oxygens (including phenoxy) is 2. The van der Waals surface area contributed by atoms with Crippen LogP contribution in [0.4, 0.5) is 0 Å². The number of amides is 1. The molecule has 0 spiro atoms. The predicted molar refractivity (Wildman–Crippen MR) is 224 cm³/mol. The van der Waals surface area contributed by atoms with Crippen LogP contribution in [0.1, 0.15) is 200 Å². The molecule has 1 aliphatic rings. The summed E-state index contributed by atoms with van der Waals surface area (Å²) in [5, 5.41) is 75.0. The zero-order valence-electron chi connectivity index (χ0n) is 35.6. The molecule has 0 aromatic carbocycles. The molecule has 1 fully saturated rings. The van der Waals surface area contributed by atoms with E-state index < -0.39 is 74.2 Å². The molecule has 56 heavy (non-hydrogen) atoms. The molecule has 9 atom stereocenters. The van der Waals surface area contributed by atoms with Crippen LogP contribution >= 0.6 is 0 Å². The van der Waals surface area contributed by atoms with Crippen LogP contribution in [-0.4, -0.2) is 110 Å². The molecule has 0 radical (unpaired) electrons. The van der Waals surface area contributed by atoms with Crippen molar-refractivity contribution in [1.29, 1.82) is 0 Å². The van der Waals surface area contributed by atoms with Gasteiger partial charge < -0.3 is 50.5 Å². The van der Waals surface area contributed by atoms with Crippen LogP contribution in [0.5, 0.6) is 0 Å². The number of carbonyl (C=O) groups is 1. The fourth-order valence-electron chi connectivity index (χ4n) is 7.43. The summed E-state index contributed by atoms with van der Waals surface area (Å²) in [6.07, 6.45) is 26.2. The lowest BCUT2D eigenvalue weighted by molar-refractivity contribution is -0.303. The molecule has 0 bridgehead atoms. The van der Waals surface area contributed by atoms with Crippen molar-refractivity contribution in [3.63, 3.8) is 0 Å². The van der Waals surface area contributed by atoms with E-state index in [-0.39, 0.29) is 6.42 Å². The van der Waals surface area contributed by atoms with Gasteiger partial charge in [0.1, 0.15) is 36.6 Å². The van der Waals surface area contributed by atoms with E-state index in [1.165, 1.54) is 109 Å². The average Bonchev–Trinajstić information content (AvgIpc) is 3.20. The molecular formula is C45H87NO10. The third kappa shape index (κ3) is 25.4. The number of hydrogen-bond acceptors (Lipinski definition) is 10.